The molecule has 0 spiro atoms. The third kappa shape index (κ3) is 6.72. The zero-order valence-electron chi connectivity index (χ0n) is 17.0. The highest BCUT2D eigenvalue weighted by molar-refractivity contribution is 4.93. The monoisotopic (exact) mass is 326 g/mol. The smallest absolute Gasteiger partial charge is 0.131 e. The number of hydrogen-bond acceptors (Lipinski definition) is 3. The minimum absolute atomic E-state index is 0.190. The van der Waals surface area contributed by atoms with Gasteiger partial charge in [0.25, 0.3) is 0 Å². The average molecular weight is 327 g/mol. The van der Waals surface area contributed by atoms with E-state index in [-0.39, 0.29) is 5.79 Å². The van der Waals surface area contributed by atoms with Crippen LogP contribution in [0.4, 0.5) is 0 Å². The van der Waals surface area contributed by atoms with Gasteiger partial charge in [0.2, 0.25) is 0 Å². The van der Waals surface area contributed by atoms with Gasteiger partial charge in [-0.2, -0.15) is 0 Å². The third-order valence-electron chi connectivity index (χ3n) is 4.48. The van der Waals surface area contributed by atoms with E-state index in [1.165, 1.54) is 38.5 Å². The Bertz CT molecular complexity index is 209. The first-order valence-electron chi connectivity index (χ1n) is 10.2. The zero-order chi connectivity index (χ0) is 17.7. The lowest BCUT2D eigenvalue weighted by Gasteiger charge is -2.55. The first kappa shape index (κ1) is 22.9. The maximum Gasteiger partial charge on any atom is 0.131 e. The quantitative estimate of drug-likeness (QED) is 0.399. The van der Waals surface area contributed by atoms with E-state index in [0.717, 1.165) is 39.3 Å². The Hall–Kier alpha value is -0.120. The Kier molecular flexibility index (Phi) is 13.1. The molecule has 0 saturated heterocycles. The van der Waals surface area contributed by atoms with Crippen LogP contribution in [0.15, 0.2) is 0 Å². The SMILES string of the molecule is [CH2]C(N(CCC)CCC)(N(CCC)CCC)N(CCC)CCC. The van der Waals surface area contributed by atoms with Gasteiger partial charge in [-0.1, -0.05) is 41.5 Å². The van der Waals surface area contributed by atoms with Crippen molar-refractivity contribution in [2.75, 3.05) is 39.3 Å². The van der Waals surface area contributed by atoms with Gasteiger partial charge in [-0.25, -0.2) is 0 Å². The topological polar surface area (TPSA) is 9.72 Å². The lowest BCUT2D eigenvalue weighted by molar-refractivity contribution is -0.139. The molecule has 0 unspecified atom stereocenters. The van der Waals surface area contributed by atoms with E-state index < -0.39 is 0 Å². The first-order chi connectivity index (χ1) is 11.1. The predicted molar refractivity (Wildman–Crippen MR) is 105 cm³/mol. The van der Waals surface area contributed by atoms with Crippen molar-refractivity contribution in [2.45, 2.75) is 85.9 Å². The van der Waals surface area contributed by atoms with Crippen molar-refractivity contribution >= 4 is 0 Å². The summed E-state index contributed by atoms with van der Waals surface area (Å²) in [6.45, 7) is 25.4. The van der Waals surface area contributed by atoms with E-state index in [4.69, 9.17) is 6.92 Å². The van der Waals surface area contributed by atoms with E-state index in [1.54, 1.807) is 0 Å². The van der Waals surface area contributed by atoms with Crippen LogP contribution < -0.4 is 0 Å². The van der Waals surface area contributed by atoms with Crippen molar-refractivity contribution in [3.05, 3.63) is 6.92 Å². The summed E-state index contributed by atoms with van der Waals surface area (Å²) in [5.41, 5.74) is 0. The summed E-state index contributed by atoms with van der Waals surface area (Å²) in [5.74, 6) is -0.190. The molecule has 0 aliphatic rings. The largest absolute Gasteiger partial charge is 0.273 e. The number of nitrogens with zero attached hydrogens (tertiary/aromatic N) is 3. The molecule has 23 heavy (non-hydrogen) atoms. The minimum atomic E-state index is -0.190. The molecule has 0 rings (SSSR count). The molecule has 1 radical (unpaired) electrons. The van der Waals surface area contributed by atoms with Crippen LogP contribution in [0.1, 0.15) is 80.1 Å². The second kappa shape index (κ2) is 13.2. The molecule has 0 aliphatic carbocycles. The highest BCUT2D eigenvalue weighted by Gasteiger charge is 2.41. The second-order valence-electron chi connectivity index (χ2n) is 6.74. The molecular formula is C20H44N3. The summed E-state index contributed by atoms with van der Waals surface area (Å²) in [7, 11) is 0. The molecule has 0 aromatic rings. The number of hydrogen-bond donors (Lipinski definition) is 0. The summed E-state index contributed by atoms with van der Waals surface area (Å²) in [4.78, 5) is 7.93. The normalized spacial score (nSPS) is 12.8. The molecule has 0 fully saturated rings. The highest BCUT2D eigenvalue weighted by Crippen LogP contribution is 2.27. The molecule has 0 atom stereocenters. The van der Waals surface area contributed by atoms with Crippen LogP contribution in [0.2, 0.25) is 0 Å². The molecule has 0 amide bonds. The molecule has 3 heteroatoms. The third-order valence-corrected chi connectivity index (χ3v) is 4.48. The van der Waals surface area contributed by atoms with Crippen molar-refractivity contribution in [3.63, 3.8) is 0 Å². The Labute approximate surface area is 147 Å². The number of rotatable bonds is 15. The Balaban J connectivity index is 5.73. The maximum absolute atomic E-state index is 4.86. The van der Waals surface area contributed by atoms with Crippen molar-refractivity contribution in [1.82, 2.24) is 14.7 Å². The molecule has 0 aromatic heterocycles. The van der Waals surface area contributed by atoms with E-state index in [0.29, 0.717) is 0 Å². The standard InChI is InChI=1S/C20H44N3/c1-8-14-21(15-9-2)20(7,22(16-10-3)17-11-4)23(18-12-5)19-13-6/h7-19H2,1-6H3. The van der Waals surface area contributed by atoms with Gasteiger partial charge in [-0.3, -0.25) is 14.7 Å². The van der Waals surface area contributed by atoms with Gasteiger partial charge in [0, 0.05) is 39.3 Å². The minimum Gasteiger partial charge on any atom is -0.273 e. The van der Waals surface area contributed by atoms with Gasteiger partial charge >= 0.3 is 0 Å². The molecule has 3 nitrogen and oxygen atoms in total. The molecule has 0 heterocycles. The van der Waals surface area contributed by atoms with Crippen molar-refractivity contribution in [1.29, 1.82) is 0 Å². The maximum atomic E-state index is 4.86. The van der Waals surface area contributed by atoms with Gasteiger partial charge in [0.05, 0.1) is 0 Å². The van der Waals surface area contributed by atoms with E-state index in [2.05, 4.69) is 56.2 Å². The fourth-order valence-electron chi connectivity index (χ4n) is 3.63. The van der Waals surface area contributed by atoms with Crippen LogP contribution in [0.5, 0.6) is 0 Å². The lowest BCUT2D eigenvalue weighted by Crippen LogP contribution is -2.69. The van der Waals surface area contributed by atoms with Crippen molar-refractivity contribution in [2.24, 2.45) is 0 Å². The molecule has 0 aromatic carbocycles. The molecule has 0 bridgehead atoms. The van der Waals surface area contributed by atoms with Crippen LogP contribution in [-0.2, 0) is 0 Å². The Morgan fingerprint density at radius 3 is 0.783 bits per heavy atom. The summed E-state index contributed by atoms with van der Waals surface area (Å²) >= 11 is 0. The average Bonchev–Trinajstić information content (AvgIpc) is 2.53. The second-order valence-corrected chi connectivity index (χ2v) is 6.74. The fourth-order valence-corrected chi connectivity index (χ4v) is 3.63. The van der Waals surface area contributed by atoms with Gasteiger partial charge in [-0.05, 0) is 45.4 Å². The molecular weight excluding hydrogens is 282 g/mol. The van der Waals surface area contributed by atoms with Crippen molar-refractivity contribution in [3.8, 4) is 0 Å². The van der Waals surface area contributed by atoms with Crippen LogP contribution in [-0.4, -0.2) is 59.8 Å². The Morgan fingerprint density at radius 2 is 0.652 bits per heavy atom. The van der Waals surface area contributed by atoms with E-state index >= 15 is 0 Å². The van der Waals surface area contributed by atoms with Crippen LogP contribution in [0.3, 0.4) is 0 Å². The molecule has 139 valence electrons. The zero-order valence-corrected chi connectivity index (χ0v) is 17.0. The van der Waals surface area contributed by atoms with Crippen molar-refractivity contribution < 1.29 is 0 Å². The summed E-state index contributed by atoms with van der Waals surface area (Å²) in [6.07, 6.45) is 7.14. The summed E-state index contributed by atoms with van der Waals surface area (Å²) in [6, 6.07) is 0. The molecule has 0 saturated carbocycles. The summed E-state index contributed by atoms with van der Waals surface area (Å²) < 4.78 is 0. The highest BCUT2D eigenvalue weighted by atomic mass is 15.6. The van der Waals surface area contributed by atoms with E-state index in [1.807, 2.05) is 0 Å². The van der Waals surface area contributed by atoms with Gasteiger partial charge in [-0.15, -0.1) is 0 Å². The van der Waals surface area contributed by atoms with Crippen LogP contribution in [0, 0.1) is 6.92 Å². The Morgan fingerprint density at radius 1 is 0.478 bits per heavy atom. The van der Waals surface area contributed by atoms with Gasteiger partial charge < -0.3 is 0 Å². The fraction of sp³-hybridized carbons (Fsp3) is 0.950. The lowest BCUT2D eigenvalue weighted by atomic mass is 10.1. The predicted octanol–water partition coefficient (Wildman–Crippen LogP) is 4.84. The van der Waals surface area contributed by atoms with Gasteiger partial charge in [0.1, 0.15) is 5.79 Å². The van der Waals surface area contributed by atoms with Crippen LogP contribution in [0.25, 0.3) is 0 Å². The first-order valence-corrected chi connectivity index (χ1v) is 10.2. The van der Waals surface area contributed by atoms with Gasteiger partial charge in [0.15, 0.2) is 0 Å². The summed E-state index contributed by atoms with van der Waals surface area (Å²) in [5, 5.41) is 0. The van der Waals surface area contributed by atoms with Crippen LogP contribution >= 0.6 is 0 Å². The molecule has 0 aliphatic heterocycles. The van der Waals surface area contributed by atoms with E-state index in [9.17, 15) is 0 Å². The molecule has 0 N–H and O–H groups in total.